The number of hydrogen-bond acceptors (Lipinski definition) is 5. The summed E-state index contributed by atoms with van der Waals surface area (Å²) in [6, 6.07) is 13.4. The standard InChI is InChI=1S/C23H29N3O4/c1-14-17(25(6)22(28)29)12-13-18-19(14)20(27)30-21(26(18)23(3,4)5)24-15(2)16-10-8-7-9-11-16/h7-13,15,21,24H,1-6H3,(H,28,29)/t15-,21?/m0/s1. The summed E-state index contributed by atoms with van der Waals surface area (Å²) >= 11 is 0. The summed E-state index contributed by atoms with van der Waals surface area (Å²) in [6.45, 7) is 9.91. The van der Waals surface area contributed by atoms with E-state index in [-0.39, 0.29) is 11.6 Å². The summed E-state index contributed by atoms with van der Waals surface area (Å²) in [5.74, 6) is -0.471. The molecular weight excluding hydrogens is 382 g/mol. The number of cyclic esters (lactones) is 1. The fourth-order valence-electron chi connectivity index (χ4n) is 3.82. The predicted octanol–water partition coefficient (Wildman–Crippen LogP) is 4.52. The molecule has 2 atom stereocenters. The van der Waals surface area contributed by atoms with Gasteiger partial charge in [-0.1, -0.05) is 30.3 Å². The van der Waals surface area contributed by atoms with Crippen molar-refractivity contribution in [3.05, 3.63) is 59.2 Å². The van der Waals surface area contributed by atoms with Crippen LogP contribution in [0.3, 0.4) is 0 Å². The van der Waals surface area contributed by atoms with Crippen LogP contribution in [0.5, 0.6) is 0 Å². The fourth-order valence-corrected chi connectivity index (χ4v) is 3.82. The van der Waals surface area contributed by atoms with Crippen LogP contribution < -0.4 is 15.1 Å². The molecule has 1 amide bonds. The number of nitrogens with zero attached hydrogens (tertiary/aromatic N) is 2. The first-order chi connectivity index (χ1) is 14.0. The van der Waals surface area contributed by atoms with Crippen LogP contribution in [0.25, 0.3) is 0 Å². The minimum atomic E-state index is -1.09. The van der Waals surface area contributed by atoms with E-state index in [2.05, 4.69) is 5.32 Å². The maximum atomic E-state index is 13.0. The van der Waals surface area contributed by atoms with Crippen LogP contribution in [0.2, 0.25) is 0 Å². The van der Waals surface area contributed by atoms with Gasteiger partial charge in [-0.2, -0.15) is 0 Å². The van der Waals surface area contributed by atoms with Gasteiger partial charge in [0.15, 0.2) is 0 Å². The second-order valence-electron chi connectivity index (χ2n) is 8.54. The Kier molecular flexibility index (Phi) is 5.76. The average molecular weight is 412 g/mol. The molecule has 7 nitrogen and oxygen atoms in total. The van der Waals surface area contributed by atoms with Gasteiger partial charge < -0.3 is 14.7 Å². The summed E-state index contributed by atoms with van der Waals surface area (Å²) in [4.78, 5) is 27.6. The highest BCUT2D eigenvalue weighted by Gasteiger charge is 2.41. The maximum absolute atomic E-state index is 13.0. The minimum Gasteiger partial charge on any atom is -0.465 e. The van der Waals surface area contributed by atoms with Crippen molar-refractivity contribution >= 4 is 23.4 Å². The number of benzene rings is 2. The van der Waals surface area contributed by atoms with E-state index in [0.29, 0.717) is 16.8 Å². The van der Waals surface area contributed by atoms with Gasteiger partial charge in [0, 0.05) is 18.6 Å². The number of amides is 1. The zero-order valence-corrected chi connectivity index (χ0v) is 18.3. The number of fused-ring (bicyclic) bond motifs is 1. The average Bonchev–Trinajstić information content (AvgIpc) is 2.67. The monoisotopic (exact) mass is 411 g/mol. The fraction of sp³-hybridized carbons (Fsp3) is 0.391. The van der Waals surface area contributed by atoms with Crippen LogP contribution in [0.1, 0.15) is 55.2 Å². The van der Waals surface area contributed by atoms with Crippen molar-refractivity contribution in [2.75, 3.05) is 16.8 Å². The first kappa shape index (κ1) is 21.6. The molecule has 1 unspecified atom stereocenters. The van der Waals surface area contributed by atoms with Crippen molar-refractivity contribution in [2.24, 2.45) is 0 Å². The summed E-state index contributed by atoms with van der Waals surface area (Å²) in [5.41, 5.74) is 2.86. The molecule has 2 N–H and O–H groups in total. The molecule has 2 aromatic carbocycles. The lowest BCUT2D eigenvalue weighted by Gasteiger charge is -2.47. The number of rotatable bonds is 4. The highest BCUT2D eigenvalue weighted by Crippen LogP contribution is 2.39. The molecule has 0 saturated carbocycles. The zero-order valence-electron chi connectivity index (χ0n) is 18.3. The Labute approximate surface area is 177 Å². The summed E-state index contributed by atoms with van der Waals surface area (Å²) in [7, 11) is 1.46. The number of carboxylic acid groups (broad SMARTS) is 1. The van der Waals surface area contributed by atoms with Crippen LogP contribution in [-0.2, 0) is 4.74 Å². The molecule has 0 aliphatic carbocycles. The molecule has 7 heteroatoms. The topological polar surface area (TPSA) is 82.1 Å². The summed E-state index contributed by atoms with van der Waals surface area (Å²) in [6.07, 6.45) is -1.76. The smallest absolute Gasteiger partial charge is 0.411 e. The lowest BCUT2D eigenvalue weighted by molar-refractivity contribution is 0.00758. The lowest BCUT2D eigenvalue weighted by atomic mass is 9.97. The van der Waals surface area contributed by atoms with E-state index in [0.717, 1.165) is 16.2 Å². The number of ether oxygens (including phenoxy) is 1. The molecule has 1 heterocycles. The molecule has 1 aliphatic heterocycles. The van der Waals surface area contributed by atoms with Crippen molar-refractivity contribution in [1.29, 1.82) is 0 Å². The van der Waals surface area contributed by atoms with E-state index in [1.165, 1.54) is 7.05 Å². The number of anilines is 2. The highest BCUT2D eigenvalue weighted by molar-refractivity contribution is 6.02. The summed E-state index contributed by atoms with van der Waals surface area (Å²) in [5, 5.41) is 12.8. The summed E-state index contributed by atoms with van der Waals surface area (Å²) < 4.78 is 5.83. The van der Waals surface area contributed by atoms with Gasteiger partial charge in [-0.25, -0.2) is 9.59 Å². The predicted molar refractivity (Wildman–Crippen MR) is 117 cm³/mol. The Morgan fingerprint density at radius 1 is 1.20 bits per heavy atom. The van der Waals surface area contributed by atoms with Crippen molar-refractivity contribution < 1.29 is 19.4 Å². The van der Waals surface area contributed by atoms with Crippen LogP contribution in [0, 0.1) is 6.92 Å². The number of esters is 1. The number of nitrogens with one attached hydrogen (secondary N) is 1. The molecule has 0 fully saturated rings. The van der Waals surface area contributed by atoms with Gasteiger partial charge in [-0.3, -0.25) is 10.2 Å². The quantitative estimate of drug-likeness (QED) is 0.720. The molecular formula is C23H29N3O4. The molecule has 3 rings (SSSR count). The largest absolute Gasteiger partial charge is 0.465 e. The van der Waals surface area contributed by atoms with Gasteiger partial charge in [0.1, 0.15) is 0 Å². The van der Waals surface area contributed by atoms with E-state index < -0.39 is 18.4 Å². The zero-order chi connectivity index (χ0) is 22.2. The van der Waals surface area contributed by atoms with Gasteiger partial charge in [-0.05, 0) is 57.9 Å². The number of carbonyl (C=O) groups excluding carboxylic acids is 1. The van der Waals surface area contributed by atoms with Crippen molar-refractivity contribution in [3.8, 4) is 0 Å². The van der Waals surface area contributed by atoms with E-state index in [1.54, 1.807) is 19.1 Å². The minimum absolute atomic E-state index is 0.0473. The Morgan fingerprint density at radius 2 is 1.83 bits per heavy atom. The van der Waals surface area contributed by atoms with E-state index in [4.69, 9.17) is 4.74 Å². The van der Waals surface area contributed by atoms with Crippen LogP contribution in [0.15, 0.2) is 42.5 Å². The molecule has 2 aromatic rings. The van der Waals surface area contributed by atoms with Crippen molar-refractivity contribution in [2.45, 2.75) is 52.6 Å². The first-order valence-corrected chi connectivity index (χ1v) is 9.94. The van der Waals surface area contributed by atoms with E-state index in [9.17, 15) is 14.7 Å². The third-order valence-corrected chi connectivity index (χ3v) is 5.39. The molecule has 0 radical (unpaired) electrons. The lowest BCUT2D eigenvalue weighted by Crippen LogP contribution is -2.59. The van der Waals surface area contributed by atoms with Crippen molar-refractivity contribution in [1.82, 2.24) is 5.32 Å². The SMILES string of the molecule is Cc1c(N(C)C(=O)O)ccc2c1C(=O)OC(N[C@@H](C)c1ccccc1)N2C(C)(C)C. The molecule has 1 aliphatic rings. The molecule has 0 bridgehead atoms. The Hall–Kier alpha value is -3.06. The second-order valence-corrected chi connectivity index (χ2v) is 8.54. The molecule has 30 heavy (non-hydrogen) atoms. The van der Waals surface area contributed by atoms with Crippen molar-refractivity contribution in [3.63, 3.8) is 0 Å². The Balaban J connectivity index is 2.04. The van der Waals surface area contributed by atoms with E-state index in [1.807, 2.05) is 62.9 Å². The van der Waals surface area contributed by atoms with Gasteiger partial charge in [0.2, 0.25) is 6.35 Å². The third-order valence-electron chi connectivity index (χ3n) is 5.39. The maximum Gasteiger partial charge on any atom is 0.411 e. The highest BCUT2D eigenvalue weighted by atomic mass is 16.6. The Bertz CT molecular complexity index is 953. The van der Waals surface area contributed by atoms with Crippen LogP contribution >= 0.6 is 0 Å². The van der Waals surface area contributed by atoms with Crippen LogP contribution in [0.4, 0.5) is 16.2 Å². The normalized spacial score (nSPS) is 17.2. The van der Waals surface area contributed by atoms with E-state index >= 15 is 0 Å². The molecule has 0 aromatic heterocycles. The van der Waals surface area contributed by atoms with Gasteiger partial charge >= 0.3 is 12.1 Å². The molecule has 0 spiro atoms. The van der Waals surface area contributed by atoms with Gasteiger partial charge in [0.25, 0.3) is 0 Å². The second kappa shape index (κ2) is 7.99. The molecule has 160 valence electrons. The Morgan fingerprint density at radius 3 is 2.40 bits per heavy atom. The number of hydrogen-bond donors (Lipinski definition) is 2. The number of carbonyl (C=O) groups is 2. The molecule has 0 saturated heterocycles. The van der Waals surface area contributed by atoms with Gasteiger partial charge in [0.05, 0.1) is 16.9 Å². The first-order valence-electron chi connectivity index (χ1n) is 9.94. The third kappa shape index (κ3) is 3.98. The van der Waals surface area contributed by atoms with Crippen LogP contribution in [-0.4, -0.2) is 36.1 Å². The van der Waals surface area contributed by atoms with Gasteiger partial charge in [-0.15, -0.1) is 0 Å².